The first-order chi connectivity index (χ1) is 7.08. The van der Waals surface area contributed by atoms with Crippen LogP contribution in [0.3, 0.4) is 0 Å². The normalized spacial score (nSPS) is 11.7. The van der Waals surface area contributed by atoms with E-state index in [1.165, 1.54) is 0 Å². The molecular formula is C9H12BF3NO-. The van der Waals surface area contributed by atoms with Gasteiger partial charge >= 0.3 is 6.98 Å². The molecule has 1 aromatic heterocycles. The Morgan fingerprint density at radius 1 is 1.20 bits per heavy atom. The summed E-state index contributed by atoms with van der Waals surface area (Å²) in [5, 5.41) is 0. The molecule has 0 N–H and O–H groups in total. The summed E-state index contributed by atoms with van der Waals surface area (Å²) < 4.78 is 39.7. The van der Waals surface area contributed by atoms with Crippen LogP contribution < -0.4 is 0 Å². The van der Waals surface area contributed by atoms with Crippen molar-refractivity contribution in [3.63, 3.8) is 0 Å². The molecule has 0 aliphatic carbocycles. The molecule has 0 aromatic carbocycles. The van der Waals surface area contributed by atoms with Gasteiger partial charge in [0.2, 0.25) is 0 Å². The molecule has 0 spiro atoms. The van der Waals surface area contributed by atoms with Crippen molar-refractivity contribution in [3.05, 3.63) is 30.1 Å². The third kappa shape index (κ3) is 6.12. The largest absolute Gasteiger partial charge is 0.503 e. The maximum atomic E-state index is 11.7. The maximum Gasteiger partial charge on any atom is 0.503 e. The molecule has 6 heteroatoms. The molecular weight excluding hydrogens is 206 g/mol. The lowest BCUT2D eigenvalue weighted by molar-refractivity contribution is 0.148. The van der Waals surface area contributed by atoms with Crippen LogP contribution >= 0.6 is 0 Å². The highest BCUT2D eigenvalue weighted by Crippen LogP contribution is 2.08. The number of hydrogen-bond donors (Lipinski definition) is 0. The van der Waals surface area contributed by atoms with E-state index in [0.29, 0.717) is 12.8 Å². The molecule has 0 unspecified atom stereocenters. The lowest BCUT2D eigenvalue weighted by atomic mass is 9.95. The number of pyridine rings is 1. The van der Waals surface area contributed by atoms with Crippen molar-refractivity contribution in [2.45, 2.75) is 12.8 Å². The topological polar surface area (TPSA) is 22.1 Å². The van der Waals surface area contributed by atoms with Crippen molar-refractivity contribution in [1.82, 2.24) is 4.98 Å². The van der Waals surface area contributed by atoms with E-state index in [9.17, 15) is 12.9 Å². The Labute approximate surface area is 86.5 Å². The molecule has 0 saturated carbocycles. The number of aryl methyl sites for hydroxylation is 1. The molecule has 1 aromatic rings. The average molecular weight is 218 g/mol. The number of hydrogen-bond acceptors (Lipinski definition) is 2. The van der Waals surface area contributed by atoms with Gasteiger partial charge in [0.15, 0.2) is 0 Å². The monoisotopic (exact) mass is 218 g/mol. The number of nitrogens with zero attached hydrogens (tertiary/aromatic N) is 1. The van der Waals surface area contributed by atoms with Crippen LogP contribution in [0.25, 0.3) is 0 Å². The van der Waals surface area contributed by atoms with Crippen molar-refractivity contribution < 1.29 is 17.7 Å². The van der Waals surface area contributed by atoms with Gasteiger partial charge in [-0.3, -0.25) is 4.98 Å². The zero-order chi connectivity index (χ0) is 11.1. The standard InChI is InChI=1S/C9H12BF3NO/c11-10(12,13)8-15-7-1-2-9-3-5-14-6-4-9/h3-6H,1-2,7-8H2/q-1. The highest BCUT2D eigenvalue weighted by molar-refractivity contribution is 6.58. The summed E-state index contributed by atoms with van der Waals surface area (Å²) in [6.45, 7) is -5.77. The Morgan fingerprint density at radius 2 is 1.87 bits per heavy atom. The van der Waals surface area contributed by atoms with Crippen molar-refractivity contribution in [1.29, 1.82) is 0 Å². The molecule has 0 bridgehead atoms. The second kappa shape index (κ2) is 5.75. The van der Waals surface area contributed by atoms with E-state index in [1.54, 1.807) is 12.4 Å². The van der Waals surface area contributed by atoms with E-state index in [0.717, 1.165) is 5.56 Å². The zero-order valence-electron chi connectivity index (χ0n) is 8.20. The average Bonchev–Trinajstić information content (AvgIpc) is 2.17. The van der Waals surface area contributed by atoms with Crippen molar-refractivity contribution in [2.24, 2.45) is 0 Å². The molecule has 2 nitrogen and oxygen atoms in total. The minimum Gasteiger partial charge on any atom is -0.447 e. The number of rotatable bonds is 6. The summed E-state index contributed by atoms with van der Waals surface area (Å²) in [6, 6.07) is 3.68. The van der Waals surface area contributed by atoms with Crippen molar-refractivity contribution in [3.8, 4) is 0 Å². The van der Waals surface area contributed by atoms with Crippen molar-refractivity contribution >= 4 is 6.98 Å². The molecule has 0 aliphatic rings. The molecule has 1 heterocycles. The smallest absolute Gasteiger partial charge is 0.447 e. The summed E-state index contributed by atoms with van der Waals surface area (Å²) in [7, 11) is 0. The number of halogens is 3. The summed E-state index contributed by atoms with van der Waals surface area (Å²) in [5.74, 6) is 0. The van der Waals surface area contributed by atoms with Gasteiger partial charge in [-0.05, 0) is 30.5 Å². The summed E-state index contributed by atoms with van der Waals surface area (Å²) in [4.78, 5) is 3.84. The highest BCUT2D eigenvalue weighted by Gasteiger charge is 2.22. The Bertz CT molecular complexity index is 278. The minimum atomic E-state index is -4.81. The van der Waals surface area contributed by atoms with Gasteiger partial charge in [-0.15, -0.1) is 0 Å². The van der Waals surface area contributed by atoms with Gasteiger partial charge in [0.25, 0.3) is 0 Å². The van der Waals surface area contributed by atoms with Crippen LogP contribution in [0.4, 0.5) is 12.9 Å². The second-order valence-corrected chi connectivity index (χ2v) is 3.24. The molecule has 1 rings (SSSR count). The van der Waals surface area contributed by atoms with E-state index >= 15 is 0 Å². The van der Waals surface area contributed by atoms with Gasteiger partial charge in [0, 0.05) is 25.5 Å². The quantitative estimate of drug-likeness (QED) is 0.540. The van der Waals surface area contributed by atoms with Crippen LogP contribution in [0, 0.1) is 0 Å². The van der Waals surface area contributed by atoms with Gasteiger partial charge in [0.05, 0.1) is 0 Å². The highest BCUT2D eigenvalue weighted by atomic mass is 19.4. The molecule has 0 amide bonds. The van der Waals surface area contributed by atoms with E-state index in [1.807, 2.05) is 12.1 Å². The SMILES string of the molecule is F[B-](F)(F)COCCCc1ccncc1. The van der Waals surface area contributed by atoms with Crippen LogP contribution in [-0.4, -0.2) is 25.1 Å². The van der Waals surface area contributed by atoms with Gasteiger partial charge in [-0.2, -0.15) is 0 Å². The molecule has 0 aliphatic heterocycles. The van der Waals surface area contributed by atoms with E-state index in [4.69, 9.17) is 0 Å². The first kappa shape index (κ1) is 12.0. The third-order valence-electron chi connectivity index (χ3n) is 1.81. The van der Waals surface area contributed by atoms with Crippen LogP contribution in [0.2, 0.25) is 0 Å². The van der Waals surface area contributed by atoms with Gasteiger partial charge in [0.1, 0.15) is 0 Å². The maximum absolute atomic E-state index is 11.7. The fourth-order valence-corrected chi connectivity index (χ4v) is 1.14. The first-order valence-electron chi connectivity index (χ1n) is 4.75. The number of ether oxygens (including phenoxy) is 1. The minimum absolute atomic E-state index is 0.142. The summed E-state index contributed by atoms with van der Waals surface area (Å²) >= 11 is 0. The molecule has 0 atom stereocenters. The Hall–Kier alpha value is -1.04. The van der Waals surface area contributed by atoms with E-state index in [2.05, 4.69) is 9.72 Å². The second-order valence-electron chi connectivity index (χ2n) is 3.24. The van der Waals surface area contributed by atoms with Gasteiger partial charge in [-0.1, -0.05) is 0 Å². The van der Waals surface area contributed by atoms with Crippen LogP contribution in [-0.2, 0) is 11.2 Å². The Balaban J connectivity index is 2.08. The predicted octanol–water partition coefficient (Wildman–Crippen LogP) is 2.42. The summed E-state index contributed by atoms with van der Waals surface area (Å²) in [6.07, 6.45) is 4.63. The number of aromatic nitrogens is 1. The van der Waals surface area contributed by atoms with E-state index in [-0.39, 0.29) is 6.61 Å². The van der Waals surface area contributed by atoms with Crippen LogP contribution in [0.15, 0.2) is 24.5 Å². The lowest BCUT2D eigenvalue weighted by Crippen LogP contribution is -2.24. The van der Waals surface area contributed by atoms with Gasteiger partial charge in [-0.25, -0.2) is 0 Å². The Morgan fingerprint density at radius 3 is 2.47 bits per heavy atom. The zero-order valence-corrected chi connectivity index (χ0v) is 8.20. The van der Waals surface area contributed by atoms with Gasteiger partial charge < -0.3 is 17.7 Å². The molecule has 0 radical (unpaired) electrons. The lowest BCUT2D eigenvalue weighted by Gasteiger charge is -2.13. The molecule has 0 fully saturated rings. The fourth-order valence-electron chi connectivity index (χ4n) is 1.14. The molecule has 15 heavy (non-hydrogen) atoms. The fraction of sp³-hybridized carbons (Fsp3) is 0.444. The van der Waals surface area contributed by atoms with E-state index < -0.39 is 13.5 Å². The predicted molar refractivity (Wildman–Crippen MR) is 52.5 cm³/mol. The third-order valence-corrected chi connectivity index (χ3v) is 1.81. The van der Waals surface area contributed by atoms with Crippen LogP contribution in [0.5, 0.6) is 0 Å². The Kier molecular flexibility index (Phi) is 4.61. The first-order valence-corrected chi connectivity index (χ1v) is 4.75. The molecule has 84 valence electrons. The van der Waals surface area contributed by atoms with Crippen LogP contribution in [0.1, 0.15) is 12.0 Å². The summed E-state index contributed by atoms with van der Waals surface area (Å²) in [5.41, 5.74) is 1.06. The molecule has 0 saturated heterocycles. The van der Waals surface area contributed by atoms with Crippen molar-refractivity contribution in [2.75, 3.05) is 13.1 Å².